The Kier molecular flexibility index (Phi) is 4.84. The second-order valence-corrected chi connectivity index (χ2v) is 5.70. The first kappa shape index (κ1) is 17.4. The van der Waals surface area contributed by atoms with Crippen molar-refractivity contribution in [2.75, 3.05) is 19.5 Å². The fourth-order valence-corrected chi connectivity index (χ4v) is 2.69. The lowest BCUT2D eigenvalue weighted by molar-refractivity contribution is 0.0557. The molecule has 3 rings (SSSR count). The lowest BCUT2D eigenvalue weighted by Gasteiger charge is -2.15. The van der Waals surface area contributed by atoms with E-state index >= 15 is 0 Å². The van der Waals surface area contributed by atoms with E-state index in [1.807, 2.05) is 37.3 Å². The van der Waals surface area contributed by atoms with Crippen molar-refractivity contribution in [2.45, 2.75) is 6.92 Å². The first-order valence-electron chi connectivity index (χ1n) is 7.98. The van der Waals surface area contributed by atoms with Crippen LogP contribution >= 0.6 is 0 Å². The second kappa shape index (κ2) is 7.23. The summed E-state index contributed by atoms with van der Waals surface area (Å²) in [5, 5.41) is 3.63. The van der Waals surface area contributed by atoms with Crippen molar-refractivity contribution < 1.29 is 19.1 Å². The predicted molar refractivity (Wildman–Crippen MR) is 98.9 cm³/mol. The molecule has 0 unspecified atom stereocenters. The minimum absolute atomic E-state index is 0.0404. The van der Waals surface area contributed by atoms with Crippen LogP contribution in [0.3, 0.4) is 0 Å². The summed E-state index contributed by atoms with van der Waals surface area (Å²) in [6.07, 6.45) is 0. The molecule has 1 heterocycles. The van der Waals surface area contributed by atoms with Crippen LogP contribution in [0.2, 0.25) is 0 Å². The molecular formula is C20H18N2O4. The first-order chi connectivity index (χ1) is 12.5. The summed E-state index contributed by atoms with van der Waals surface area (Å²) >= 11 is 0. The highest BCUT2D eigenvalue weighted by atomic mass is 16.5. The van der Waals surface area contributed by atoms with Crippen LogP contribution in [0, 0.1) is 6.92 Å². The normalized spacial score (nSPS) is 10.4. The van der Waals surface area contributed by atoms with E-state index in [0.29, 0.717) is 10.9 Å². The molecule has 0 atom stereocenters. The number of pyridine rings is 1. The largest absolute Gasteiger partial charge is 0.465 e. The summed E-state index contributed by atoms with van der Waals surface area (Å²) in [5.41, 5.74) is 2.57. The van der Waals surface area contributed by atoms with Gasteiger partial charge in [0, 0.05) is 11.1 Å². The SMILES string of the molecule is COC(=O)c1c(Nc2ccc(C)cc2)nc2ccccc2c1C(=O)OC. The molecule has 0 aliphatic heterocycles. The van der Waals surface area contributed by atoms with Crippen molar-refractivity contribution in [3.63, 3.8) is 0 Å². The summed E-state index contributed by atoms with van der Waals surface area (Å²) in [4.78, 5) is 29.4. The van der Waals surface area contributed by atoms with Crippen LogP contribution < -0.4 is 5.32 Å². The van der Waals surface area contributed by atoms with Crippen LogP contribution in [0.25, 0.3) is 10.9 Å². The molecule has 0 spiro atoms. The second-order valence-electron chi connectivity index (χ2n) is 5.70. The molecule has 1 N–H and O–H groups in total. The summed E-state index contributed by atoms with van der Waals surface area (Å²) < 4.78 is 9.79. The number of ether oxygens (including phenoxy) is 2. The quantitative estimate of drug-likeness (QED) is 0.720. The molecule has 132 valence electrons. The molecule has 0 amide bonds. The average Bonchev–Trinajstić information content (AvgIpc) is 2.67. The third-order valence-electron chi connectivity index (χ3n) is 3.99. The fraction of sp³-hybridized carbons (Fsp3) is 0.150. The minimum atomic E-state index is -0.668. The molecule has 26 heavy (non-hydrogen) atoms. The third-order valence-corrected chi connectivity index (χ3v) is 3.99. The Morgan fingerprint density at radius 3 is 2.15 bits per heavy atom. The molecule has 6 heteroatoms. The number of rotatable bonds is 4. The Labute approximate surface area is 150 Å². The summed E-state index contributed by atoms with van der Waals surface area (Å²) in [5.74, 6) is -1.06. The molecule has 0 saturated heterocycles. The minimum Gasteiger partial charge on any atom is -0.465 e. The molecule has 6 nitrogen and oxygen atoms in total. The van der Waals surface area contributed by atoms with E-state index in [2.05, 4.69) is 10.3 Å². The molecule has 0 aliphatic carbocycles. The highest BCUT2D eigenvalue weighted by Gasteiger charge is 2.27. The number of nitrogens with zero attached hydrogens (tertiary/aromatic N) is 1. The van der Waals surface area contributed by atoms with E-state index < -0.39 is 11.9 Å². The average molecular weight is 350 g/mol. The van der Waals surface area contributed by atoms with E-state index in [9.17, 15) is 9.59 Å². The highest BCUT2D eigenvalue weighted by Crippen LogP contribution is 2.30. The maximum Gasteiger partial charge on any atom is 0.342 e. The van der Waals surface area contributed by atoms with Crippen molar-refractivity contribution in [3.8, 4) is 0 Å². The van der Waals surface area contributed by atoms with Gasteiger partial charge in [-0.2, -0.15) is 0 Å². The number of para-hydroxylation sites is 1. The number of carbonyl (C=O) groups excluding carboxylic acids is 2. The van der Waals surface area contributed by atoms with Crippen molar-refractivity contribution in [1.82, 2.24) is 4.98 Å². The number of anilines is 2. The third kappa shape index (κ3) is 3.21. The van der Waals surface area contributed by atoms with Crippen LogP contribution in [0.5, 0.6) is 0 Å². The highest BCUT2D eigenvalue weighted by molar-refractivity contribution is 6.14. The van der Waals surface area contributed by atoms with Gasteiger partial charge in [-0.3, -0.25) is 0 Å². The van der Waals surface area contributed by atoms with Gasteiger partial charge in [-0.25, -0.2) is 14.6 Å². The molecule has 3 aromatic rings. The smallest absolute Gasteiger partial charge is 0.342 e. The van der Waals surface area contributed by atoms with E-state index in [4.69, 9.17) is 9.47 Å². The van der Waals surface area contributed by atoms with Gasteiger partial charge in [0.1, 0.15) is 11.4 Å². The topological polar surface area (TPSA) is 77.5 Å². The number of aromatic nitrogens is 1. The van der Waals surface area contributed by atoms with Crippen molar-refractivity contribution in [2.24, 2.45) is 0 Å². The summed E-state index contributed by atoms with van der Waals surface area (Å²) in [6.45, 7) is 1.98. The Morgan fingerprint density at radius 2 is 1.50 bits per heavy atom. The zero-order chi connectivity index (χ0) is 18.7. The van der Waals surface area contributed by atoms with Crippen molar-refractivity contribution in [1.29, 1.82) is 0 Å². The molecule has 0 saturated carbocycles. The van der Waals surface area contributed by atoms with Gasteiger partial charge in [0.15, 0.2) is 0 Å². The van der Waals surface area contributed by atoms with Crippen molar-refractivity contribution >= 4 is 34.3 Å². The maximum atomic E-state index is 12.5. The van der Waals surface area contributed by atoms with Crippen LogP contribution in [-0.4, -0.2) is 31.1 Å². The van der Waals surface area contributed by atoms with Gasteiger partial charge in [0.05, 0.1) is 25.3 Å². The molecule has 1 aromatic heterocycles. The van der Waals surface area contributed by atoms with Crippen LogP contribution in [0.1, 0.15) is 26.3 Å². The Morgan fingerprint density at radius 1 is 0.885 bits per heavy atom. The fourth-order valence-electron chi connectivity index (χ4n) is 2.69. The van der Waals surface area contributed by atoms with E-state index in [1.165, 1.54) is 14.2 Å². The van der Waals surface area contributed by atoms with E-state index in [0.717, 1.165) is 11.3 Å². The number of methoxy groups -OCH3 is 2. The van der Waals surface area contributed by atoms with Crippen molar-refractivity contribution in [3.05, 3.63) is 65.2 Å². The maximum absolute atomic E-state index is 12.5. The lowest BCUT2D eigenvalue weighted by Crippen LogP contribution is -2.16. The number of hydrogen-bond acceptors (Lipinski definition) is 6. The predicted octanol–water partition coefficient (Wildman–Crippen LogP) is 3.86. The zero-order valence-corrected chi connectivity index (χ0v) is 14.7. The van der Waals surface area contributed by atoms with Crippen LogP contribution in [0.4, 0.5) is 11.5 Å². The van der Waals surface area contributed by atoms with Gasteiger partial charge in [-0.15, -0.1) is 0 Å². The number of hydrogen-bond donors (Lipinski definition) is 1. The number of nitrogens with one attached hydrogen (secondary N) is 1. The van der Waals surface area contributed by atoms with Gasteiger partial charge in [0.2, 0.25) is 0 Å². The number of aryl methyl sites for hydroxylation is 1. The molecule has 2 aromatic carbocycles. The molecular weight excluding hydrogens is 332 g/mol. The summed E-state index contributed by atoms with van der Waals surface area (Å²) in [6, 6.07) is 14.7. The van der Waals surface area contributed by atoms with Gasteiger partial charge < -0.3 is 14.8 Å². The zero-order valence-electron chi connectivity index (χ0n) is 14.7. The van der Waals surface area contributed by atoms with Crippen LogP contribution in [-0.2, 0) is 9.47 Å². The monoisotopic (exact) mass is 350 g/mol. The van der Waals surface area contributed by atoms with Gasteiger partial charge >= 0.3 is 11.9 Å². The number of fused-ring (bicyclic) bond motifs is 1. The molecule has 0 radical (unpaired) electrons. The molecule has 0 fully saturated rings. The number of carbonyl (C=O) groups is 2. The Bertz CT molecular complexity index is 981. The Balaban J connectivity index is 2.27. The number of esters is 2. The van der Waals surface area contributed by atoms with Gasteiger partial charge in [-0.05, 0) is 25.1 Å². The standard InChI is InChI=1S/C20H18N2O4/c1-12-8-10-13(11-9-12)21-18-17(20(24)26-3)16(19(23)25-2)14-6-4-5-7-15(14)22-18/h4-11H,1-3H3,(H,21,22). The van der Waals surface area contributed by atoms with E-state index in [-0.39, 0.29) is 16.9 Å². The van der Waals surface area contributed by atoms with Gasteiger partial charge in [0.25, 0.3) is 0 Å². The number of benzene rings is 2. The summed E-state index contributed by atoms with van der Waals surface area (Å²) in [7, 11) is 2.53. The van der Waals surface area contributed by atoms with E-state index in [1.54, 1.807) is 18.2 Å². The van der Waals surface area contributed by atoms with Crippen LogP contribution in [0.15, 0.2) is 48.5 Å². The first-order valence-corrected chi connectivity index (χ1v) is 7.98. The van der Waals surface area contributed by atoms with Gasteiger partial charge in [-0.1, -0.05) is 35.9 Å². The Hall–Kier alpha value is -3.41. The molecule has 0 bridgehead atoms. The molecule has 0 aliphatic rings. The lowest BCUT2D eigenvalue weighted by atomic mass is 10.0.